The van der Waals surface area contributed by atoms with Crippen LogP contribution in [0.4, 0.5) is 13.6 Å². The van der Waals surface area contributed by atoms with Gasteiger partial charge in [-0.25, -0.2) is 13.6 Å². The van der Waals surface area contributed by atoms with Crippen LogP contribution in [0.25, 0.3) is 0 Å². The van der Waals surface area contributed by atoms with E-state index in [0.717, 1.165) is 0 Å². The zero-order chi connectivity index (χ0) is 15.6. The first-order chi connectivity index (χ1) is 9.01. The Hall–Kier alpha value is -0.950. The number of halogens is 2. The first kappa shape index (κ1) is 17.1. The van der Waals surface area contributed by atoms with Crippen LogP contribution in [0, 0.1) is 0 Å². The molecule has 1 rings (SSSR count). The Kier molecular flexibility index (Phi) is 5.32. The van der Waals surface area contributed by atoms with E-state index in [1.807, 2.05) is 0 Å². The van der Waals surface area contributed by atoms with Crippen molar-refractivity contribution < 1.29 is 23.0 Å². The number of rotatable bonds is 3. The zero-order valence-corrected chi connectivity index (χ0v) is 12.5. The molecule has 2 unspecified atom stereocenters. The van der Waals surface area contributed by atoms with Crippen LogP contribution < -0.4 is 5.73 Å². The number of alkyl halides is 2. The minimum Gasteiger partial charge on any atom is -0.444 e. The second kappa shape index (κ2) is 6.22. The Morgan fingerprint density at radius 3 is 2.55 bits per heavy atom. The van der Waals surface area contributed by atoms with Gasteiger partial charge in [0.15, 0.2) is 0 Å². The molecule has 1 heterocycles. The molecule has 0 radical (unpaired) electrons. The van der Waals surface area contributed by atoms with Crippen LogP contribution in [0.5, 0.6) is 0 Å². The van der Waals surface area contributed by atoms with Gasteiger partial charge in [0.25, 0.3) is 6.43 Å². The number of amides is 1. The molecule has 0 saturated carbocycles. The third-order valence-electron chi connectivity index (χ3n) is 2.96. The van der Waals surface area contributed by atoms with Crippen LogP contribution in [0.1, 0.15) is 34.1 Å². The Morgan fingerprint density at radius 2 is 2.05 bits per heavy atom. The molecule has 1 aliphatic heterocycles. The highest BCUT2D eigenvalue weighted by molar-refractivity contribution is 5.68. The maximum atomic E-state index is 12.8. The number of nitrogens with two attached hydrogens (primary N) is 1. The van der Waals surface area contributed by atoms with Crippen molar-refractivity contribution in [3.8, 4) is 0 Å². The molecule has 7 heteroatoms. The smallest absolute Gasteiger partial charge is 0.410 e. The summed E-state index contributed by atoms with van der Waals surface area (Å²) < 4.78 is 36.2. The van der Waals surface area contributed by atoms with Crippen LogP contribution in [-0.2, 0) is 9.47 Å². The monoisotopic (exact) mass is 294 g/mol. The minimum atomic E-state index is -2.64. The summed E-state index contributed by atoms with van der Waals surface area (Å²) in [5, 5.41) is 0. The largest absolute Gasteiger partial charge is 0.444 e. The SMILES string of the molecule is CC(C)(C)OC(=O)N1CCOC(CC(C)(N)C(F)F)C1. The second-order valence-corrected chi connectivity index (χ2v) is 6.43. The molecular weight excluding hydrogens is 270 g/mol. The zero-order valence-electron chi connectivity index (χ0n) is 12.5. The van der Waals surface area contributed by atoms with Crippen molar-refractivity contribution in [3.05, 3.63) is 0 Å². The van der Waals surface area contributed by atoms with Crippen molar-refractivity contribution in [2.75, 3.05) is 19.7 Å². The van der Waals surface area contributed by atoms with Gasteiger partial charge < -0.3 is 20.1 Å². The molecule has 1 fully saturated rings. The van der Waals surface area contributed by atoms with Gasteiger partial charge in [0.1, 0.15) is 5.60 Å². The first-order valence-corrected chi connectivity index (χ1v) is 6.68. The fraction of sp³-hybridized carbons (Fsp3) is 0.923. The normalized spacial score (nSPS) is 23.6. The molecule has 1 aliphatic rings. The van der Waals surface area contributed by atoms with E-state index in [0.29, 0.717) is 13.2 Å². The number of carbonyl (C=O) groups is 1. The van der Waals surface area contributed by atoms with Crippen LogP contribution in [0.2, 0.25) is 0 Å². The van der Waals surface area contributed by atoms with Crippen molar-refractivity contribution >= 4 is 6.09 Å². The predicted molar refractivity (Wildman–Crippen MR) is 70.8 cm³/mol. The standard InChI is InChI=1S/C13H24F2N2O3/c1-12(2,3)20-11(18)17-5-6-19-9(8-17)7-13(4,16)10(14)15/h9-10H,5-8,16H2,1-4H3. The van der Waals surface area contributed by atoms with Crippen molar-refractivity contribution in [2.45, 2.75) is 57.8 Å². The molecule has 0 spiro atoms. The first-order valence-electron chi connectivity index (χ1n) is 6.68. The molecule has 0 bridgehead atoms. The van der Waals surface area contributed by atoms with Gasteiger partial charge in [-0.2, -0.15) is 0 Å². The maximum Gasteiger partial charge on any atom is 0.410 e. The van der Waals surface area contributed by atoms with E-state index in [-0.39, 0.29) is 13.0 Å². The van der Waals surface area contributed by atoms with E-state index in [4.69, 9.17) is 15.2 Å². The molecule has 2 N–H and O–H groups in total. The number of morpholine rings is 1. The van der Waals surface area contributed by atoms with Crippen LogP contribution >= 0.6 is 0 Å². The summed E-state index contributed by atoms with van der Waals surface area (Å²) in [4.78, 5) is 13.4. The Balaban J connectivity index is 2.57. The molecule has 1 saturated heterocycles. The van der Waals surface area contributed by atoms with Gasteiger partial charge in [-0.1, -0.05) is 0 Å². The summed E-state index contributed by atoms with van der Waals surface area (Å²) in [5.41, 5.74) is 3.34. The lowest BCUT2D eigenvalue weighted by atomic mass is 9.95. The lowest BCUT2D eigenvalue weighted by molar-refractivity contribution is -0.0625. The summed E-state index contributed by atoms with van der Waals surface area (Å²) in [6.07, 6.45) is -3.60. The number of nitrogens with zero attached hydrogens (tertiary/aromatic N) is 1. The van der Waals surface area contributed by atoms with Crippen molar-refractivity contribution in [2.24, 2.45) is 5.73 Å². The van der Waals surface area contributed by atoms with Crippen molar-refractivity contribution in [1.82, 2.24) is 4.90 Å². The number of ether oxygens (including phenoxy) is 2. The number of carbonyl (C=O) groups excluding carboxylic acids is 1. The average Bonchev–Trinajstić information content (AvgIpc) is 2.26. The van der Waals surface area contributed by atoms with Crippen molar-refractivity contribution in [3.63, 3.8) is 0 Å². The van der Waals surface area contributed by atoms with E-state index in [1.165, 1.54) is 11.8 Å². The molecule has 20 heavy (non-hydrogen) atoms. The maximum absolute atomic E-state index is 12.8. The van der Waals surface area contributed by atoms with Gasteiger partial charge >= 0.3 is 6.09 Å². The summed E-state index contributed by atoms with van der Waals surface area (Å²) in [7, 11) is 0. The van der Waals surface area contributed by atoms with Gasteiger partial charge in [-0.05, 0) is 34.1 Å². The summed E-state index contributed by atoms with van der Waals surface area (Å²) in [6, 6.07) is 0. The van der Waals surface area contributed by atoms with Crippen LogP contribution in [-0.4, -0.2) is 54.4 Å². The van der Waals surface area contributed by atoms with Gasteiger partial charge in [-0.15, -0.1) is 0 Å². The fourth-order valence-electron chi connectivity index (χ4n) is 1.91. The van der Waals surface area contributed by atoms with Gasteiger partial charge in [0, 0.05) is 6.54 Å². The summed E-state index contributed by atoms with van der Waals surface area (Å²) in [5.74, 6) is 0. The molecular formula is C13H24F2N2O3. The topological polar surface area (TPSA) is 64.8 Å². The predicted octanol–water partition coefficient (Wildman–Crippen LogP) is 1.99. The molecule has 0 aliphatic carbocycles. The number of hydrogen-bond donors (Lipinski definition) is 1. The molecule has 118 valence electrons. The Labute approximate surface area is 118 Å². The molecule has 2 atom stereocenters. The van der Waals surface area contributed by atoms with Gasteiger partial charge in [0.05, 0.1) is 24.8 Å². The Morgan fingerprint density at radius 1 is 1.45 bits per heavy atom. The van der Waals surface area contributed by atoms with E-state index in [9.17, 15) is 13.6 Å². The van der Waals surface area contributed by atoms with Crippen LogP contribution in [0.15, 0.2) is 0 Å². The molecule has 0 aromatic carbocycles. The lowest BCUT2D eigenvalue weighted by Gasteiger charge is -2.37. The average molecular weight is 294 g/mol. The molecule has 5 nitrogen and oxygen atoms in total. The molecule has 0 aromatic heterocycles. The van der Waals surface area contributed by atoms with Crippen LogP contribution in [0.3, 0.4) is 0 Å². The van der Waals surface area contributed by atoms with E-state index >= 15 is 0 Å². The lowest BCUT2D eigenvalue weighted by Crippen LogP contribution is -2.53. The summed E-state index contributed by atoms with van der Waals surface area (Å²) >= 11 is 0. The highest BCUT2D eigenvalue weighted by Gasteiger charge is 2.36. The highest BCUT2D eigenvalue weighted by atomic mass is 19.3. The molecule has 1 amide bonds. The van der Waals surface area contributed by atoms with Gasteiger partial charge in [-0.3, -0.25) is 0 Å². The quantitative estimate of drug-likeness (QED) is 0.864. The third kappa shape index (κ3) is 5.20. The van der Waals surface area contributed by atoms with Gasteiger partial charge in [0.2, 0.25) is 0 Å². The summed E-state index contributed by atoms with van der Waals surface area (Å²) in [6.45, 7) is 7.51. The van der Waals surface area contributed by atoms with Crippen molar-refractivity contribution in [1.29, 1.82) is 0 Å². The fourth-order valence-corrected chi connectivity index (χ4v) is 1.91. The van der Waals surface area contributed by atoms with E-state index < -0.39 is 29.8 Å². The molecule has 0 aromatic rings. The second-order valence-electron chi connectivity index (χ2n) is 6.43. The highest BCUT2D eigenvalue weighted by Crippen LogP contribution is 2.22. The minimum absolute atomic E-state index is 0.00996. The Bertz CT molecular complexity index is 343. The van der Waals surface area contributed by atoms with E-state index in [1.54, 1.807) is 20.8 Å². The van der Waals surface area contributed by atoms with E-state index in [2.05, 4.69) is 0 Å². The number of hydrogen-bond acceptors (Lipinski definition) is 4. The third-order valence-corrected chi connectivity index (χ3v) is 2.96.